The fraction of sp³-hybridized carbons (Fsp3) is 0.0769. The van der Waals surface area contributed by atoms with E-state index < -0.39 is 0 Å². The average Bonchev–Trinajstić information content (AvgIpc) is 3.01. The van der Waals surface area contributed by atoms with E-state index in [4.69, 9.17) is 0 Å². The van der Waals surface area contributed by atoms with Crippen molar-refractivity contribution in [2.45, 2.75) is 0 Å². The molecule has 7 nitrogen and oxygen atoms in total. The lowest BCUT2D eigenvalue weighted by Gasteiger charge is -2.02. The maximum atomic E-state index is 13.4. The van der Waals surface area contributed by atoms with Gasteiger partial charge >= 0.3 is 5.69 Å². The number of rotatable bonds is 1. The maximum Gasteiger partial charge on any atom is 0.327 e. The molecule has 0 bridgehead atoms. The SMILES string of the molecule is Cn1c(=O)[nH]c2cnc(-n3cnc4ccc(F)cc43)nc21. The smallest absolute Gasteiger partial charge is 0.303 e. The molecule has 0 aliphatic rings. The van der Waals surface area contributed by atoms with Crippen LogP contribution in [-0.2, 0) is 7.05 Å². The lowest BCUT2D eigenvalue weighted by molar-refractivity contribution is 0.629. The number of nitrogens with one attached hydrogen (secondary N) is 1. The van der Waals surface area contributed by atoms with Gasteiger partial charge in [-0.25, -0.2) is 19.2 Å². The molecule has 0 unspecified atom stereocenters. The van der Waals surface area contributed by atoms with E-state index in [1.54, 1.807) is 17.7 Å². The average molecular weight is 284 g/mol. The van der Waals surface area contributed by atoms with Gasteiger partial charge in [0.05, 0.1) is 17.2 Å². The zero-order valence-corrected chi connectivity index (χ0v) is 10.9. The molecule has 0 saturated carbocycles. The second-order valence-corrected chi connectivity index (χ2v) is 4.64. The van der Waals surface area contributed by atoms with E-state index in [-0.39, 0.29) is 11.5 Å². The Hall–Kier alpha value is -3.03. The molecule has 0 atom stereocenters. The summed E-state index contributed by atoms with van der Waals surface area (Å²) in [4.78, 5) is 26.9. The number of aryl methyl sites for hydroxylation is 1. The Bertz CT molecular complexity index is 1040. The Labute approximate surface area is 116 Å². The highest BCUT2D eigenvalue weighted by Crippen LogP contribution is 2.17. The molecule has 1 aromatic carbocycles. The van der Waals surface area contributed by atoms with Gasteiger partial charge in [-0.2, -0.15) is 4.98 Å². The Morgan fingerprint density at radius 2 is 2.14 bits per heavy atom. The number of nitrogens with zero attached hydrogens (tertiary/aromatic N) is 5. The predicted octanol–water partition coefficient (Wildman–Crippen LogP) is 1.13. The van der Waals surface area contributed by atoms with Gasteiger partial charge in [0.2, 0.25) is 5.95 Å². The van der Waals surface area contributed by atoms with Crippen LogP contribution in [0.4, 0.5) is 4.39 Å². The summed E-state index contributed by atoms with van der Waals surface area (Å²) in [5, 5.41) is 0. The van der Waals surface area contributed by atoms with Gasteiger partial charge in [-0.3, -0.25) is 9.13 Å². The van der Waals surface area contributed by atoms with Crippen LogP contribution in [0.1, 0.15) is 0 Å². The molecular weight excluding hydrogens is 275 g/mol. The first kappa shape index (κ1) is 11.8. The zero-order valence-electron chi connectivity index (χ0n) is 10.9. The van der Waals surface area contributed by atoms with Crippen LogP contribution in [0.5, 0.6) is 0 Å². The van der Waals surface area contributed by atoms with Crippen LogP contribution in [0.15, 0.2) is 35.5 Å². The highest BCUT2D eigenvalue weighted by Gasteiger charge is 2.11. The third kappa shape index (κ3) is 1.65. The topological polar surface area (TPSA) is 81.4 Å². The first-order chi connectivity index (χ1) is 10.1. The highest BCUT2D eigenvalue weighted by atomic mass is 19.1. The van der Waals surface area contributed by atoms with Crippen LogP contribution >= 0.6 is 0 Å². The lowest BCUT2D eigenvalue weighted by Crippen LogP contribution is -2.12. The van der Waals surface area contributed by atoms with Gasteiger partial charge in [0.1, 0.15) is 17.7 Å². The van der Waals surface area contributed by atoms with Gasteiger partial charge in [-0.1, -0.05) is 0 Å². The molecule has 0 fully saturated rings. The Kier molecular flexibility index (Phi) is 2.23. The summed E-state index contributed by atoms with van der Waals surface area (Å²) in [5.41, 5.74) is 1.96. The summed E-state index contributed by atoms with van der Waals surface area (Å²) >= 11 is 0. The fourth-order valence-electron chi connectivity index (χ4n) is 2.26. The molecule has 8 heteroatoms. The summed E-state index contributed by atoms with van der Waals surface area (Å²) in [7, 11) is 1.61. The molecule has 0 radical (unpaired) electrons. The van der Waals surface area contributed by atoms with Crippen molar-refractivity contribution in [1.82, 2.24) is 29.1 Å². The molecule has 3 aromatic heterocycles. The third-order valence-electron chi connectivity index (χ3n) is 3.34. The van der Waals surface area contributed by atoms with E-state index in [1.807, 2.05) is 0 Å². The van der Waals surface area contributed by atoms with Gasteiger partial charge in [0, 0.05) is 13.1 Å². The van der Waals surface area contributed by atoms with E-state index in [0.717, 1.165) is 0 Å². The van der Waals surface area contributed by atoms with Crippen LogP contribution in [0.3, 0.4) is 0 Å². The molecular formula is C13H9FN6O. The van der Waals surface area contributed by atoms with Crippen molar-refractivity contribution < 1.29 is 4.39 Å². The van der Waals surface area contributed by atoms with Crippen molar-refractivity contribution in [1.29, 1.82) is 0 Å². The number of imidazole rings is 2. The van der Waals surface area contributed by atoms with Crippen LogP contribution in [0.25, 0.3) is 28.1 Å². The van der Waals surface area contributed by atoms with Crippen molar-refractivity contribution >= 4 is 22.2 Å². The Morgan fingerprint density at radius 3 is 3.00 bits per heavy atom. The molecule has 4 aromatic rings. The number of hydrogen-bond acceptors (Lipinski definition) is 4. The first-order valence-electron chi connectivity index (χ1n) is 6.18. The highest BCUT2D eigenvalue weighted by molar-refractivity contribution is 5.77. The van der Waals surface area contributed by atoms with Crippen molar-refractivity contribution in [3.05, 3.63) is 47.0 Å². The molecule has 1 N–H and O–H groups in total. The number of fused-ring (bicyclic) bond motifs is 2. The molecule has 4 rings (SSSR count). The predicted molar refractivity (Wildman–Crippen MR) is 73.7 cm³/mol. The minimum absolute atomic E-state index is 0.266. The lowest BCUT2D eigenvalue weighted by atomic mass is 10.3. The molecule has 0 spiro atoms. The second kappa shape index (κ2) is 3.98. The number of H-pyrrole nitrogens is 1. The van der Waals surface area contributed by atoms with Crippen molar-refractivity contribution in [2.24, 2.45) is 7.05 Å². The van der Waals surface area contributed by atoms with E-state index in [2.05, 4.69) is 19.9 Å². The van der Waals surface area contributed by atoms with Crippen molar-refractivity contribution in [2.75, 3.05) is 0 Å². The summed E-state index contributed by atoms with van der Waals surface area (Å²) in [6.07, 6.45) is 3.04. The Morgan fingerprint density at radius 1 is 1.29 bits per heavy atom. The minimum Gasteiger partial charge on any atom is -0.303 e. The summed E-state index contributed by atoms with van der Waals surface area (Å²) in [6.45, 7) is 0. The summed E-state index contributed by atoms with van der Waals surface area (Å²) in [6, 6.07) is 4.30. The molecule has 0 saturated heterocycles. The quantitative estimate of drug-likeness (QED) is 0.568. The van der Waals surface area contributed by atoms with Crippen LogP contribution in [0.2, 0.25) is 0 Å². The normalized spacial score (nSPS) is 11.5. The van der Waals surface area contributed by atoms with Crippen LogP contribution in [0, 0.1) is 5.82 Å². The molecule has 3 heterocycles. The molecule has 0 amide bonds. The van der Waals surface area contributed by atoms with Gasteiger partial charge < -0.3 is 4.98 Å². The number of halogens is 1. The zero-order chi connectivity index (χ0) is 14.6. The fourth-order valence-corrected chi connectivity index (χ4v) is 2.26. The standard InChI is InChI=1S/C13H9FN6O/c1-19-11-9(17-13(19)21)5-15-12(18-11)20-6-16-8-3-2-7(14)4-10(8)20/h2-6H,1H3,(H,17,21). The number of aromatic nitrogens is 6. The number of benzene rings is 1. The summed E-state index contributed by atoms with van der Waals surface area (Å²) in [5.74, 6) is -0.0374. The molecule has 104 valence electrons. The first-order valence-corrected chi connectivity index (χ1v) is 6.18. The molecule has 0 aliphatic heterocycles. The van der Waals surface area contributed by atoms with Crippen LogP contribution in [-0.4, -0.2) is 29.1 Å². The van der Waals surface area contributed by atoms with Gasteiger partial charge in [0.25, 0.3) is 0 Å². The largest absolute Gasteiger partial charge is 0.327 e. The van der Waals surface area contributed by atoms with Crippen molar-refractivity contribution in [3.63, 3.8) is 0 Å². The number of aromatic amines is 1. The summed E-state index contributed by atoms with van der Waals surface area (Å²) < 4.78 is 16.4. The Balaban J connectivity index is 2.01. The molecule has 21 heavy (non-hydrogen) atoms. The van der Waals surface area contributed by atoms with Gasteiger partial charge in [0.15, 0.2) is 5.65 Å². The third-order valence-corrected chi connectivity index (χ3v) is 3.34. The van der Waals surface area contributed by atoms with E-state index in [9.17, 15) is 9.18 Å². The monoisotopic (exact) mass is 284 g/mol. The van der Waals surface area contributed by atoms with E-state index in [0.29, 0.717) is 28.1 Å². The number of hydrogen-bond donors (Lipinski definition) is 1. The maximum absolute atomic E-state index is 13.4. The van der Waals surface area contributed by atoms with E-state index >= 15 is 0 Å². The van der Waals surface area contributed by atoms with Gasteiger partial charge in [-0.15, -0.1) is 0 Å². The van der Waals surface area contributed by atoms with Crippen molar-refractivity contribution in [3.8, 4) is 5.95 Å². The second-order valence-electron chi connectivity index (χ2n) is 4.64. The van der Waals surface area contributed by atoms with E-state index in [1.165, 1.54) is 29.2 Å². The van der Waals surface area contributed by atoms with Gasteiger partial charge in [-0.05, 0) is 12.1 Å². The van der Waals surface area contributed by atoms with Crippen LogP contribution < -0.4 is 5.69 Å². The molecule has 0 aliphatic carbocycles. The minimum atomic E-state index is -0.362.